The monoisotopic (exact) mass is 650 g/mol. The number of carboxylic acids is 1. The number of carbonyl (C=O) groups is 3. The lowest BCUT2D eigenvalue weighted by atomic mass is 10.0. The van der Waals surface area contributed by atoms with Crippen molar-refractivity contribution in [1.82, 2.24) is 0 Å². The molecule has 0 fully saturated rings. The summed E-state index contributed by atoms with van der Waals surface area (Å²) < 4.78 is 41.4. The average Bonchev–Trinajstić information content (AvgIpc) is 2.98. The summed E-state index contributed by atoms with van der Waals surface area (Å²) in [6, 6.07) is 16.8. The van der Waals surface area contributed by atoms with Crippen LogP contribution < -0.4 is 10.6 Å². The second-order valence-electron chi connectivity index (χ2n) is 8.29. The third-order valence-corrected chi connectivity index (χ3v) is 7.96. The lowest BCUT2D eigenvalue weighted by molar-refractivity contribution is -0.432. The maximum absolute atomic E-state index is 12.9. The molecule has 0 aliphatic carbocycles. The van der Waals surface area contributed by atoms with Crippen LogP contribution in [0, 0.1) is 0 Å². The van der Waals surface area contributed by atoms with E-state index in [0.717, 1.165) is 12.1 Å². The van der Waals surface area contributed by atoms with Gasteiger partial charge in [0.15, 0.2) is 0 Å². The van der Waals surface area contributed by atoms with Crippen molar-refractivity contribution in [2.45, 2.75) is 14.7 Å². The van der Waals surface area contributed by atoms with Crippen molar-refractivity contribution in [3.05, 3.63) is 89.5 Å². The molecule has 0 spiro atoms. The van der Waals surface area contributed by atoms with Crippen molar-refractivity contribution in [2.24, 2.45) is 0 Å². The Bertz CT molecular complexity index is 1820. The summed E-state index contributed by atoms with van der Waals surface area (Å²) in [5, 5.41) is 39.5. The number of anilines is 2. The van der Waals surface area contributed by atoms with E-state index in [-0.39, 0.29) is 16.8 Å². The van der Waals surface area contributed by atoms with Crippen molar-refractivity contribution >= 4 is 74.1 Å². The molecule has 4 aromatic carbocycles. The Balaban J connectivity index is 1.50. The van der Waals surface area contributed by atoms with Gasteiger partial charge in [0.2, 0.25) is 0 Å². The number of fused-ring (bicyclic) bond motifs is 1. The van der Waals surface area contributed by atoms with E-state index < -0.39 is 38.4 Å². The molecule has 0 aliphatic heterocycles. The molecule has 0 saturated heterocycles. The van der Waals surface area contributed by atoms with Crippen LogP contribution in [0.3, 0.4) is 0 Å². The number of aromatic carboxylic acids is 1. The first-order chi connectivity index (χ1) is 20.5. The van der Waals surface area contributed by atoms with Crippen LogP contribution in [0.2, 0.25) is 0 Å². The molecule has 6 N–H and O–H groups in total. The number of carboxylic acid groups (broad SMARTS) is 1. The number of hydrogen-bond acceptors (Lipinski definition) is 13. The summed E-state index contributed by atoms with van der Waals surface area (Å²) in [6.45, 7) is 0. The van der Waals surface area contributed by atoms with Gasteiger partial charge < -0.3 is 15.7 Å². The maximum Gasteiger partial charge on any atom is 0.337 e. The van der Waals surface area contributed by atoms with Gasteiger partial charge in [-0.3, -0.25) is 14.1 Å². The summed E-state index contributed by atoms with van der Waals surface area (Å²) in [4.78, 5) is 36.9. The van der Waals surface area contributed by atoms with Crippen molar-refractivity contribution in [3.63, 3.8) is 0 Å². The van der Waals surface area contributed by atoms with Gasteiger partial charge in [0.1, 0.15) is 4.90 Å². The predicted molar refractivity (Wildman–Crippen MR) is 151 cm³/mol. The van der Waals surface area contributed by atoms with Crippen LogP contribution in [-0.2, 0) is 28.9 Å². The molecule has 0 heterocycles. The lowest BCUT2D eigenvalue weighted by Crippen LogP contribution is -2.14. The molecule has 0 unspecified atom stereocenters. The van der Waals surface area contributed by atoms with Gasteiger partial charge in [-0.25, -0.2) is 15.3 Å². The molecule has 2 amide bonds. The van der Waals surface area contributed by atoms with Crippen LogP contribution in [-0.4, -0.2) is 46.4 Å². The van der Waals surface area contributed by atoms with Gasteiger partial charge in [-0.1, -0.05) is 22.2 Å². The van der Waals surface area contributed by atoms with E-state index in [4.69, 9.17) is 15.6 Å². The van der Waals surface area contributed by atoms with E-state index in [2.05, 4.69) is 29.4 Å². The number of amides is 2. The molecule has 0 aliphatic rings. The minimum absolute atomic E-state index is 0.0624. The molecule has 224 valence electrons. The standard InChI is InChI=1S/C25H18N2O13S3/c28-23(26-17-6-8-20(41-39-37-32)21(11-17)42-40-38-33)15-3-1-14-10-16(4-2-13(14)9-15)24(29)27-18-5-7-19(25(30)31)22(12-18)43(34,35)36/h1-12,32-33H,(H,26,28)(H,27,29)(H,30,31)(H,34,35,36). The summed E-state index contributed by atoms with van der Waals surface area (Å²) >= 11 is 1.21. The average molecular weight is 651 g/mol. The van der Waals surface area contributed by atoms with Gasteiger partial charge in [0.25, 0.3) is 21.9 Å². The van der Waals surface area contributed by atoms with Gasteiger partial charge >= 0.3 is 5.97 Å². The Labute approximate surface area is 250 Å². The molecular weight excluding hydrogens is 632 g/mol. The van der Waals surface area contributed by atoms with Gasteiger partial charge in [-0.15, -0.1) is 8.67 Å². The minimum Gasteiger partial charge on any atom is -0.478 e. The van der Waals surface area contributed by atoms with Crippen LogP contribution in [0.5, 0.6) is 0 Å². The highest BCUT2D eigenvalue weighted by molar-refractivity contribution is 7.97. The summed E-state index contributed by atoms with van der Waals surface area (Å²) in [7, 11) is -4.88. The molecule has 4 aromatic rings. The number of rotatable bonds is 12. The van der Waals surface area contributed by atoms with Gasteiger partial charge in [-0.05, 0) is 71.4 Å². The van der Waals surface area contributed by atoms with Gasteiger partial charge in [-0.2, -0.15) is 8.42 Å². The largest absolute Gasteiger partial charge is 0.478 e. The third-order valence-electron chi connectivity index (χ3n) is 5.62. The summed E-state index contributed by atoms with van der Waals surface area (Å²) in [5.41, 5.74) is 0.0692. The van der Waals surface area contributed by atoms with Gasteiger partial charge in [0, 0.05) is 22.5 Å². The predicted octanol–water partition coefficient (Wildman–Crippen LogP) is 5.15. The van der Waals surface area contributed by atoms with Gasteiger partial charge in [0.05, 0.1) is 39.4 Å². The third kappa shape index (κ3) is 8.06. The molecule has 4 rings (SSSR count). The molecule has 0 aromatic heterocycles. The van der Waals surface area contributed by atoms with E-state index >= 15 is 0 Å². The Kier molecular flexibility index (Phi) is 10.3. The first-order valence-electron chi connectivity index (χ1n) is 11.4. The Morgan fingerprint density at radius 2 is 1.19 bits per heavy atom. The van der Waals surface area contributed by atoms with Crippen LogP contribution in [0.15, 0.2) is 87.5 Å². The second-order valence-corrected chi connectivity index (χ2v) is 11.2. The van der Waals surface area contributed by atoms with E-state index in [9.17, 15) is 27.4 Å². The first kappa shape index (κ1) is 31.8. The number of hydrogen-bond donors (Lipinski definition) is 6. The van der Waals surface area contributed by atoms with Crippen molar-refractivity contribution < 1.29 is 61.7 Å². The molecule has 0 radical (unpaired) electrons. The summed E-state index contributed by atoms with van der Waals surface area (Å²) in [6.07, 6.45) is 0. The summed E-state index contributed by atoms with van der Waals surface area (Å²) in [5.74, 6) is -2.69. The minimum atomic E-state index is -4.88. The fraction of sp³-hybridized carbons (Fsp3) is 0. The molecule has 18 heteroatoms. The Hall–Kier alpha value is -4.08. The molecule has 0 bridgehead atoms. The molecule has 0 atom stereocenters. The highest BCUT2D eigenvalue weighted by Crippen LogP contribution is 2.34. The van der Waals surface area contributed by atoms with E-state index in [1.807, 2.05) is 0 Å². The topological polar surface area (TPSA) is 227 Å². The number of carbonyl (C=O) groups excluding carboxylic acids is 2. The van der Waals surface area contributed by atoms with E-state index in [1.54, 1.807) is 18.2 Å². The zero-order valence-corrected chi connectivity index (χ0v) is 23.6. The highest BCUT2D eigenvalue weighted by atomic mass is 32.2. The maximum atomic E-state index is 12.9. The number of benzene rings is 4. The quantitative estimate of drug-likeness (QED) is 0.0504. The van der Waals surface area contributed by atoms with Crippen LogP contribution in [0.4, 0.5) is 11.4 Å². The van der Waals surface area contributed by atoms with E-state index in [0.29, 0.717) is 50.3 Å². The Morgan fingerprint density at radius 1 is 0.674 bits per heavy atom. The van der Waals surface area contributed by atoms with Crippen LogP contribution in [0.25, 0.3) is 10.8 Å². The fourth-order valence-electron chi connectivity index (χ4n) is 3.75. The van der Waals surface area contributed by atoms with Crippen LogP contribution >= 0.6 is 24.1 Å². The molecular formula is C25H18N2O13S3. The normalized spacial score (nSPS) is 11.3. The smallest absolute Gasteiger partial charge is 0.337 e. The fourth-order valence-corrected chi connectivity index (χ4v) is 5.46. The Morgan fingerprint density at radius 3 is 1.70 bits per heavy atom. The van der Waals surface area contributed by atoms with Crippen LogP contribution in [0.1, 0.15) is 31.1 Å². The second kappa shape index (κ2) is 13.9. The number of nitrogens with one attached hydrogen (secondary N) is 2. The first-order valence-corrected chi connectivity index (χ1v) is 14.4. The van der Waals surface area contributed by atoms with E-state index in [1.165, 1.54) is 42.5 Å². The SMILES string of the molecule is O=C(Nc1ccc(SOOO)c(SOOO)c1)c1ccc2cc(C(=O)Nc3ccc(C(=O)O)c(S(=O)(=O)O)c3)ccc2c1. The zero-order chi connectivity index (χ0) is 31.1. The van der Waals surface area contributed by atoms with Crippen molar-refractivity contribution in [2.75, 3.05) is 10.6 Å². The van der Waals surface area contributed by atoms with Crippen molar-refractivity contribution in [3.8, 4) is 0 Å². The highest BCUT2D eigenvalue weighted by Gasteiger charge is 2.21. The van der Waals surface area contributed by atoms with Crippen molar-refractivity contribution in [1.29, 1.82) is 0 Å². The molecule has 15 nitrogen and oxygen atoms in total. The molecule has 0 saturated carbocycles. The lowest BCUT2D eigenvalue weighted by Gasteiger charge is -2.11. The molecule has 43 heavy (non-hydrogen) atoms. The zero-order valence-electron chi connectivity index (χ0n) is 21.1.